The van der Waals surface area contributed by atoms with E-state index in [1.807, 2.05) is 6.92 Å². The number of methoxy groups -OCH3 is 4. The molecule has 6 fully saturated rings. The fourth-order valence-corrected chi connectivity index (χ4v) is 12.7. The van der Waals surface area contributed by atoms with E-state index in [0.29, 0.717) is 19.5 Å². The molecular weight excluding hydrogens is 638 g/mol. The lowest BCUT2D eigenvalue weighted by atomic mass is 9.42. The largest absolute Gasteiger partial charge is 0.462 e. The Morgan fingerprint density at radius 1 is 0.918 bits per heavy atom. The van der Waals surface area contributed by atoms with Crippen LogP contribution in [0.4, 0.5) is 0 Å². The Labute approximate surface area is 286 Å². The number of nitrogens with zero attached hydrogens (tertiary/aromatic N) is 1. The molecule has 1 spiro atoms. The molecule has 2 unspecified atom stereocenters. The van der Waals surface area contributed by atoms with Crippen molar-refractivity contribution in [3.63, 3.8) is 0 Å². The van der Waals surface area contributed by atoms with Crippen molar-refractivity contribution in [3.8, 4) is 0 Å². The van der Waals surface area contributed by atoms with E-state index in [1.54, 1.807) is 51.7 Å². The molecule has 7 rings (SSSR count). The molecule has 5 aliphatic carbocycles. The summed E-state index contributed by atoms with van der Waals surface area (Å²) < 4.78 is 43.9. The van der Waals surface area contributed by atoms with Crippen LogP contribution >= 0.6 is 0 Å². The van der Waals surface area contributed by atoms with Crippen molar-refractivity contribution in [2.75, 3.05) is 48.1 Å². The molecule has 0 aromatic heterocycles. The van der Waals surface area contributed by atoms with Gasteiger partial charge in [-0.05, 0) is 31.0 Å². The molecule has 1 saturated heterocycles. The summed E-state index contributed by atoms with van der Waals surface area (Å²) >= 11 is 0. The van der Waals surface area contributed by atoms with Crippen molar-refractivity contribution >= 4 is 17.9 Å². The predicted octanol–water partition coefficient (Wildman–Crippen LogP) is 1.22. The summed E-state index contributed by atoms with van der Waals surface area (Å²) in [6, 6.07) is 8.12. The van der Waals surface area contributed by atoms with E-state index in [9.17, 15) is 24.6 Å². The van der Waals surface area contributed by atoms with Gasteiger partial charge in [-0.25, -0.2) is 4.79 Å². The molecule has 1 aromatic carbocycles. The van der Waals surface area contributed by atoms with Crippen LogP contribution in [-0.4, -0.2) is 135 Å². The number of hydrogen-bond acceptors (Lipinski definition) is 13. The van der Waals surface area contributed by atoms with Gasteiger partial charge in [-0.2, -0.15) is 0 Å². The molecule has 13 heteroatoms. The Balaban J connectivity index is 1.53. The molecule has 0 radical (unpaired) electrons. The van der Waals surface area contributed by atoms with Crippen molar-refractivity contribution in [3.05, 3.63) is 35.9 Å². The third-order valence-electron chi connectivity index (χ3n) is 13.4. The number of aliphatic hydroxyl groups excluding tert-OH is 1. The summed E-state index contributed by atoms with van der Waals surface area (Å²) in [6.07, 6.45) is -5.45. The fraction of sp³-hybridized carbons (Fsp3) is 0.750. The van der Waals surface area contributed by atoms with E-state index < -0.39 is 100 Å². The number of carbonyl (C=O) groups is 3. The summed E-state index contributed by atoms with van der Waals surface area (Å²) in [7, 11) is 6.25. The van der Waals surface area contributed by atoms with Gasteiger partial charge in [0, 0.05) is 89.9 Å². The van der Waals surface area contributed by atoms with Gasteiger partial charge in [-0.15, -0.1) is 0 Å². The van der Waals surface area contributed by atoms with Gasteiger partial charge in [0.05, 0.1) is 24.4 Å². The Bertz CT molecular complexity index is 1480. The quantitative estimate of drug-likeness (QED) is 0.267. The van der Waals surface area contributed by atoms with E-state index in [2.05, 4.69) is 4.90 Å². The maximum Gasteiger partial charge on any atom is 0.338 e. The van der Waals surface area contributed by atoms with E-state index in [1.165, 1.54) is 21.0 Å². The lowest BCUT2D eigenvalue weighted by Gasteiger charge is -2.70. The lowest BCUT2D eigenvalue weighted by Crippen LogP contribution is -2.81. The van der Waals surface area contributed by atoms with Gasteiger partial charge >= 0.3 is 17.9 Å². The van der Waals surface area contributed by atoms with E-state index in [-0.39, 0.29) is 24.6 Å². The highest BCUT2D eigenvalue weighted by molar-refractivity contribution is 5.89. The number of ether oxygens (including phenoxy) is 7. The molecule has 7 bridgehead atoms. The summed E-state index contributed by atoms with van der Waals surface area (Å²) in [4.78, 5) is 42.2. The van der Waals surface area contributed by atoms with Gasteiger partial charge in [0.2, 0.25) is 0 Å². The number of likely N-dealkylation sites (tertiary alicyclic amines) is 1. The second kappa shape index (κ2) is 12.0. The van der Waals surface area contributed by atoms with Crippen molar-refractivity contribution in [2.45, 2.75) is 87.5 Å². The van der Waals surface area contributed by atoms with Crippen LogP contribution in [-0.2, 0) is 42.7 Å². The van der Waals surface area contributed by atoms with Crippen LogP contribution in [0.3, 0.4) is 0 Å². The first kappa shape index (κ1) is 34.8. The van der Waals surface area contributed by atoms with Crippen LogP contribution in [0.25, 0.3) is 0 Å². The SMILES string of the molecule is CCN1C[C@@]2(COC)C3[C@@H](OC)[C@H]4C1[C@]3([C@@H](OC)C[C@H]2OC(C)=O)[C@@H]1C[C@@]2(O)[C@H](OC(=O)c3ccccc3)[C@@H]1[C@]4(OC(C)=O)[C@@H](O)[C@@H]2OC. The zero-order chi connectivity index (χ0) is 35.3. The number of fused-ring (bicyclic) bond motifs is 2. The molecule has 2 N–H and O–H groups in total. The molecule has 13 nitrogen and oxygen atoms in total. The van der Waals surface area contributed by atoms with Gasteiger partial charge < -0.3 is 43.4 Å². The number of benzene rings is 1. The van der Waals surface area contributed by atoms with E-state index in [4.69, 9.17) is 33.2 Å². The first-order chi connectivity index (χ1) is 23.4. The van der Waals surface area contributed by atoms with Crippen LogP contribution in [0.5, 0.6) is 0 Å². The number of piperidine rings is 1. The molecule has 5 saturated carbocycles. The van der Waals surface area contributed by atoms with Gasteiger partial charge in [-0.3, -0.25) is 14.5 Å². The molecule has 49 heavy (non-hydrogen) atoms. The highest BCUT2D eigenvalue weighted by Crippen LogP contribution is 2.80. The molecule has 1 aliphatic heterocycles. The van der Waals surface area contributed by atoms with Gasteiger partial charge in [0.15, 0.2) is 5.60 Å². The number of hydrogen-bond donors (Lipinski definition) is 2. The Hall–Kier alpha value is -2.65. The van der Waals surface area contributed by atoms with Crippen molar-refractivity contribution in [1.82, 2.24) is 4.90 Å². The molecular formula is C36H49NO12. The predicted molar refractivity (Wildman–Crippen MR) is 170 cm³/mol. The Morgan fingerprint density at radius 3 is 2.20 bits per heavy atom. The van der Waals surface area contributed by atoms with E-state index >= 15 is 0 Å². The van der Waals surface area contributed by atoms with Crippen LogP contribution in [0.1, 0.15) is 44.0 Å². The Morgan fingerprint density at radius 2 is 1.63 bits per heavy atom. The van der Waals surface area contributed by atoms with Gasteiger partial charge in [0.25, 0.3) is 0 Å². The normalized spacial score (nSPS) is 47.4. The first-order valence-electron chi connectivity index (χ1n) is 17.2. The van der Waals surface area contributed by atoms with Crippen molar-refractivity contribution in [2.24, 2.45) is 34.5 Å². The average Bonchev–Trinajstić information content (AvgIpc) is 3.44. The molecule has 270 valence electrons. The topological polar surface area (TPSA) is 160 Å². The molecule has 0 amide bonds. The maximum absolute atomic E-state index is 13.8. The van der Waals surface area contributed by atoms with Gasteiger partial charge in [-0.1, -0.05) is 25.1 Å². The number of carbonyl (C=O) groups excluding carboxylic acids is 3. The zero-order valence-corrected chi connectivity index (χ0v) is 29.2. The highest BCUT2D eigenvalue weighted by atomic mass is 16.6. The minimum Gasteiger partial charge on any atom is -0.462 e. The minimum atomic E-state index is -1.86. The molecule has 6 aliphatic rings. The van der Waals surface area contributed by atoms with Crippen LogP contribution in [0.15, 0.2) is 30.3 Å². The fourth-order valence-electron chi connectivity index (χ4n) is 12.7. The summed E-state index contributed by atoms with van der Waals surface area (Å²) in [5.74, 6) is -4.24. The van der Waals surface area contributed by atoms with Gasteiger partial charge in [0.1, 0.15) is 30.0 Å². The number of aliphatic hydroxyl groups is 2. The summed E-state index contributed by atoms with van der Waals surface area (Å²) in [5, 5.41) is 25.5. The maximum atomic E-state index is 13.8. The Kier molecular flexibility index (Phi) is 8.49. The second-order valence-corrected chi connectivity index (χ2v) is 15.0. The zero-order valence-electron chi connectivity index (χ0n) is 29.2. The highest BCUT2D eigenvalue weighted by Gasteiger charge is 2.92. The smallest absolute Gasteiger partial charge is 0.338 e. The van der Waals surface area contributed by atoms with Crippen LogP contribution in [0, 0.1) is 34.5 Å². The standard InChI is InChI=1S/C36H49NO12/c1-8-37-16-33(17-43-4)22(47-18(2)38)14-23(44-5)35-21-15-34(42)30(48-32(41)20-12-10-9-11-13-20)24(21)36(49-19(3)39,29(40)31(34)46-7)25(28(35)37)26(45-6)27(33)35/h9-13,21-31,40,42H,8,14-17H2,1-7H3/t21-,22-,23+,24-,25+,26+,27?,28?,29+,30-,31+,33+,34-,35+,36-/m1/s1. The second-order valence-electron chi connectivity index (χ2n) is 15.0. The lowest BCUT2D eigenvalue weighted by molar-refractivity contribution is -0.322. The monoisotopic (exact) mass is 687 g/mol. The van der Waals surface area contributed by atoms with E-state index in [0.717, 1.165) is 0 Å². The van der Waals surface area contributed by atoms with Crippen LogP contribution in [0.2, 0.25) is 0 Å². The third-order valence-corrected chi connectivity index (χ3v) is 13.4. The minimum absolute atomic E-state index is 0.0534. The molecule has 15 atom stereocenters. The first-order valence-corrected chi connectivity index (χ1v) is 17.2. The van der Waals surface area contributed by atoms with Crippen molar-refractivity contribution < 1.29 is 57.8 Å². The summed E-state index contributed by atoms with van der Waals surface area (Å²) in [5.41, 5.74) is -4.92. The molecule has 1 aromatic rings. The van der Waals surface area contributed by atoms with Crippen molar-refractivity contribution in [1.29, 1.82) is 0 Å². The summed E-state index contributed by atoms with van der Waals surface area (Å²) in [6.45, 7) is 5.99. The number of esters is 3. The molecule has 1 heterocycles. The third kappa shape index (κ3) is 4.21. The average molecular weight is 688 g/mol. The van der Waals surface area contributed by atoms with Crippen LogP contribution < -0.4 is 0 Å². The number of rotatable bonds is 10.